The van der Waals surface area contributed by atoms with Crippen molar-refractivity contribution >= 4 is 17.7 Å². The first-order valence-corrected chi connectivity index (χ1v) is 7.31. The molecule has 0 heterocycles. The molecule has 0 aromatic heterocycles. The van der Waals surface area contributed by atoms with Crippen LogP contribution >= 0.6 is 11.8 Å². The maximum absolute atomic E-state index is 12.7. The average Bonchev–Trinajstić information content (AvgIpc) is 2.32. The molecule has 0 amide bonds. The lowest BCUT2D eigenvalue weighted by Gasteiger charge is -2.19. The van der Waals surface area contributed by atoms with Crippen LogP contribution in [0.3, 0.4) is 0 Å². The van der Waals surface area contributed by atoms with E-state index in [1.807, 2.05) is 0 Å². The molecule has 0 atom stereocenters. The molecule has 1 aromatic carbocycles. The smallest absolute Gasteiger partial charge is 0.416 e. The number of carbonyl (C=O) groups excluding carboxylic acids is 1. The Morgan fingerprint density at radius 2 is 1.39 bits per heavy atom. The van der Waals surface area contributed by atoms with Crippen molar-refractivity contribution in [2.24, 2.45) is 0 Å². The van der Waals surface area contributed by atoms with E-state index in [0.29, 0.717) is 23.9 Å². The molecular formula is C14H14F6O2S. The molecule has 0 saturated carbocycles. The summed E-state index contributed by atoms with van der Waals surface area (Å²) in [7, 11) is 0. The summed E-state index contributed by atoms with van der Waals surface area (Å²) in [6.07, 6.45) is -9.83. The number of hydrogen-bond acceptors (Lipinski definition) is 3. The van der Waals surface area contributed by atoms with Gasteiger partial charge in [-0.05, 0) is 39.0 Å². The highest BCUT2D eigenvalue weighted by molar-refractivity contribution is 8.00. The van der Waals surface area contributed by atoms with Crippen LogP contribution in [0.15, 0.2) is 23.1 Å². The van der Waals surface area contributed by atoms with Crippen LogP contribution in [0.1, 0.15) is 31.9 Å². The number of alkyl halides is 6. The molecular weight excluding hydrogens is 346 g/mol. The first-order valence-electron chi connectivity index (χ1n) is 6.32. The SMILES string of the molecule is CC(C)(C)OC(=O)CSc1cc(C(F)(F)F)cc(C(F)(F)F)c1. The van der Waals surface area contributed by atoms with E-state index in [2.05, 4.69) is 0 Å². The van der Waals surface area contributed by atoms with Gasteiger partial charge in [0.05, 0.1) is 16.9 Å². The van der Waals surface area contributed by atoms with Crippen LogP contribution in [0.5, 0.6) is 0 Å². The quantitative estimate of drug-likeness (QED) is 0.423. The topological polar surface area (TPSA) is 26.3 Å². The third kappa shape index (κ3) is 6.72. The maximum atomic E-state index is 12.7. The van der Waals surface area contributed by atoms with Crippen LogP contribution in [0.2, 0.25) is 0 Å². The molecule has 0 saturated heterocycles. The summed E-state index contributed by atoms with van der Waals surface area (Å²) < 4.78 is 81.1. The highest BCUT2D eigenvalue weighted by Gasteiger charge is 2.37. The molecule has 0 aliphatic rings. The molecule has 0 N–H and O–H groups in total. The van der Waals surface area contributed by atoms with Gasteiger partial charge in [0.1, 0.15) is 5.60 Å². The summed E-state index contributed by atoms with van der Waals surface area (Å²) in [6.45, 7) is 4.80. The fraction of sp³-hybridized carbons (Fsp3) is 0.500. The van der Waals surface area contributed by atoms with Crippen molar-refractivity contribution in [1.82, 2.24) is 0 Å². The van der Waals surface area contributed by atoms with Gasteiger partial charge in [0.2, 0.25) is 0 Å². The van der Waals surface area contributed by atoms with Crippen LogP contribution in [0.4, 0.5) is 26.3 Å². The van der Waals surface area contributed by atoms with Gasteiger partial charge in [0.15, 0.2) is 0 Å². The second-order valence-corrected chi connectivity index (χ2v) is 6.67. The standard InChI is InChI=1S/C14H14F6O2S/c1-12(2,3)22-11(21)7-23-10-5-8(13(15,16)17)4-9(6-10)14(18,19)20/h4-6H,7H2,1-3H3. The highest BCUT2D eigenvalue weighted by atomic mass is 32.2. The zero-order valence-electron chi connectivity index (χ0n) is 12.4. The molecule has 0 unspecified atom stereocenters. The summed E-state index contributed by atoms with van der Waals surface area (Å²) in [6, 6.07) is 1.19. The zero-order valence-corrected chi connectivity index (χ0v) is 13.2. The van der Waals surface area contributed by atoms with Gasteiger partial charge < -0.3 is 4.74 Å². The molecule has 0 fully saturated rings. The van der Waals surface area contributed by atoms with Crippen molar-refractivity contribution < 1.29 is 35.9 Å². The summed E-state index contributed by atoms with van der Waals surface area (Å²) >= 11 is 0.555. The van der Waals surface area contributed by atoms with Crippen molar-refractivity contribution in [2.75, 3.05) is 5.75 Å². The Morgan fingerprint density at radius 1 is 0.957 bits per heavy atom. The molecule has 0 bridgehead atoms. The summed E-state index contributed by atoms with van der Waals surface area (Å²) in [4.78, 5) is 11.2. The van der Waals surface area contributed by atoms with Gasteiger partial charge in [-0.3, -0.25) is 4.79 Å². The van der Waals surface area contributed by atoms with Crippen LogP contribution in [-0.4, -0.2) is 17.3 Å². The molecule has 2 nitrogen and oxygen atoms in total. The summed E-state index contributed by atoms with van der Waals surface area (Å²) in [5, 5.41) is 0. The molecule has 1 rings (SSSR count). The van der Waals surface area contributed by atoms with Gasteiger partial charge in [-0.1, -0.05) is 0 Å². The van der Waals surface area contributed by atoms with E-state index >= 15 is 0 Å². The van der Waals surface area contributed by atoms with Crippen molar-refractivity contribution in [2.45, 2.75) is 43.6 Å². The Balaban J connectivity index is 3.00. The van der Waals surface area contributed by atoms with Gasteiger partial charge in [0.25, 0.3) is 0 Å². The minimum atomic E-state index is -4.91. The number of carbonyl (C=O) groups is 1. The van der Waals surface area contributed by atoms with E-state index in [1.165, 1.54) is 0 Å². The van der Waals surface area contributed by atoms with Crippen molar-refractivity contribution in [3.63, 3.8) is 0 Å². The minimum Gasteiger partial charge on any atom is -0.459 e. The number of benzene rings is 1. The summed E-state index contributed by atoms with van der Waals surface area (Å²) in [5.41, 5.74) is -3.62. The van der Waals surface area contributed by atoms with E-state index < -0.39 is 40.8 Å². The predicted octanol–water partition coefficient (Wildman–Crippen LogP) is 5.16. The Kier molecular flexibility index (Phi) is 5.66. The van der Waals surface area contributed by atoms with E-state index in [9.17, 15) is 31.1 Å². The van der Waals surface area contributed by atoms with Gasteiger partial charge in [-0.2, -0.15) is 26.3 Å². The van der Waals surface area contributed by atoms with Gasteiger partial charge in [0, 0.05) is 4.90 Å². The van der Waals surface area contributed by atoms with E-state index in [1.54, 1.807) is 20.8 Å². The van der Waals surface area contributed by atoms with Crippen molar-refractivity contribution in [3.8, 4) is 0 Å². The van der Waals surface area contributed by atoms with E-state index in [4.69, 9.17) is 4.74 Å². The highest BCUT2D eigenvalue weighted by Crippen LogP contribution is 2.38. The normalized spacial score (nSPS) is 13.1. The summed E-state index contributed by atoms with van der Waals surface area (Å²) in [5.74, 6) is -1.12. The number of halogens is 6. The maximum Gasteiger partial charge on any atom is 0.416 e. The lowest BCUT2D eigenvalue weighted by Crippen LogP contribution is -2.24. The Labute approximate surface area is 133 Å². The predicted molar refractivity (Wildman–Crippen MR) is 73.0 cm³/mol. The number of ether oxygens (including phenoxy) is 1. The van der Waals surface area contributed by atoms with Crippen LogP contribution in [0.25, 0.3) is 0 Å². The first-order chi connectivity index (χ1) is 10.2. The fourth-order valence-corrected chi connectivity index (χ4v) is 2.29. The number of hydrogen-bond donors (Lipinski definition) is 0. The number of thioether (sulfide) groups is 1. The van der Waals surface area contributed by atoms with E-state index in [-0.39, 0.29) is 11.0 Å². The van der Waals surface area contributed by atoms with Gasteiger partial charge >= 0.3 is 18.3 Å². The third-order valence-electron chi connectivity index (χ3n) is 2.34. The van der Waals surface area contributed by atoms with Crippen molar-refractivity contribution in [3.05, 3.63) is 29.3 Å². The molecule has 23 heavy (non-hydrogen) atoms. The molecule has 0 aliphatic heterocycles. The number of rotatable bonds is 3. The Bertz CT molecular complexity index is 540. The van der Waals surface area contributed by atoms with Crippen LogP contribution in [-0.2, 0) is 21.9 Å². The Morgan fingerprint density at radius 3 is 1.74 bits per heavy atom. The molecule has 130 valence electrons. The van der Waals surface area contributed by atoms with E-state index in [0.717, 1.165) is 0 Å². The molecule has 0 spiro atoms. The van der Waals surface area contributed by atoms with Crippen LogP contribution in [0, 0.1) is 0 Å². The van der Waals surface area contributed by atoms with Crippen LogP contribution < -0.4 is 0 Å². The Hall–Kier alpha value is -1.38. The number of esters is 1. The lowest BCUT2D eigenvalue weighted by molar-refractivity contribution is -0.151. The largest absolute Gasteiger partial charge is 0.459 e. The lowest BCUT2D eigenvalue weighted by atomic mass is 10.1. The minimum absolute atomic E-state index is 0.0392. The molecule has 0 aliphatic carbocycles. The third-order valence-corrected chi connectivity index (χ3v) is 3.29. The monoisotopic (exact) mass is 360 g/mol. The average molecular weight is 360 g/mol. The fourth-order valence-electron chi connectivity index (χ4n) is 1.52. The van der Waals surface area contributed by atoms with Crippen molar-refractivity contribution in [1.29, 1.82) is 0 Å². The molecule has 1 aromatic rings. The van der Waals surface area contributed by atoms with Gasteiger partial charge in [-0.15, -0.1) is 11.8 Å². The molecule has 0 radical (unpaired) electrons. The first kappa shape index (κ1) is 19.7. The second-order valence-electron chi connectivity index (χ2n) is 5.62. The van der Waals surface area contributed by atoms with Gasteiger partial charge in [-0.25, -0.2) is 0 Å². The zero-order chi connectivity index (χ0) is 18.1. The molecule has 9 heteroatoms. The second kappa shape index (κ2) is 6.62.